The number of non-ortho nitro benzene ring substituents is 1. The van der Waals surface area contributed by atoms with E-state index in [1.54, 1.807) is 30.1 Å². The number of aryl methyl sites for hydroxylation is 1. The van der Waals surface area contributed by atoms with Crippen LogP contribution in [0.15, 0.2) is 39.6 Å². The highest BCUT2D eigenvalue weighted by Crippen LogP contribution is 2.42. The highest BCUT2D eigenvalue weighted by molar-refractivity contribution is 9.10. The number of anilines is 1. The van der Waals surface area contributed by atoms with E-state index < -0.39 is 10.6 Å². The summed E-state index contributed by atoms with van der Waals surface area (Å²) in [5.74, 6) is -0.312. The first kappa shape index (κ1) is 16.8. The molecule has 2 heterocycles. The van der Waals surface area contributed by atoms with Crippen LogP contribution in [0.1, 0.15) is 35.3 Å². The third-order valence-electron chi connectivity index (χ3n) is 4.96. The van der Waals surface area contributed by atoms with E-state index in [1.807, 2.05) is 0 Å². The van der Waals surface area contributed by atoms with Crippen LogP contribution in [0.4, 0.5) is 11.4 Å². The summed E-state index contributed by atoms with van der Waals surface area (Å²) in [6, 6.07) is 7.71. The van der Waals surface area contributed by atoms with Crippen LogP contribution < -0.4 is 15.9 Å². The van der Waals surface area contributed by atoms with Gasteiger partial charge in [0, 0.05) is 12.1 Å². The lowest BCUT2D eigenvalue weighted by Gasteiger charge is -2.54. The molecule has 0 unspecified atom stereocenters. The van der Waals surface area contributed by atoms with E-state index >= 15 is 0 Å². The minimum absolute atomic E-state index is 0.0739. The summed E-state index contributed by atoms with van der Waals surface area (Å²) in [7, 11) is 0. The summed E-state index contributed by atoms with van der Waals surface area (Å²) in [4.78, 5) is 36.3. The second-order valence-electron chi connectivity index (χ2n) is 6.57. The van der Waals surface area contributed by atoms with Crippen molar-refractivity contribution in [3.05, 3.63) is 66.5 Å². The zero-order valence-corrected chi connectivity index (χ0v) is 15.4. The van der Waals surface area contributed by atoms with Crippen LogP contribution in [0.5, 0.6) is 0 Å². The number of fused-ring (bicyclic) bond motifs is 1. The standard InChI is InChI=1S/C17H15BrN4O4/c1-10-8-13(18)16(24)20-14(10)15(23)19-17(6-3-7-17)21(20)11-4-2-5-12(9-11)22(25)26/h2,4-5,8-9H,3,6-7H2,1H3,(H,19,23). The Morgan fingerprint density at radius 2 is 2.00 bits per heavy atom. The first-order chi connectivity index (χ1) is 12.3. The normalized spacial score (nSPS) is 17.5. The molecule has 0 atom stereocenters. The topological polar surface area (TPSA) is 97.5 Å². The zero-order chi connectivity index (χ0) is 18.6. The number of rotatable bonds is 2. The third kappa shape index (κ3) is 2.27. The maximum absolute atomic E-state index is 12.9. The van der Waals surface area contributed by atoms with Gasteiger partial charge < -0.3 is 5.32 Å². The SMILES string of the molecule is Cc1cc(Br)c(=O)n2c1C(=O)NC1(CCC1)N2c1cccc([N+](=O)[O-])c1. The fourth-order valence-corrected chi connectivity index (χ4v) is 4.13. The molecule has 8 nitrogen and oxygen atoms in total. The molecule has 2 aromatic rings. The fourth-order valence-electron chi connectivity index (χ4n) is 3.62. The Morgan fingerprint density at radius 1 is 1.27 bits per heavy atom. The number of hydrogen-bond donors (Lipinski definition) is 1. The summed E-state index contributed by atoms with van der Waals surface area (Å²) < 4.78 is 1.68. The molecule has 2 aliphatic rings. The molecule has 26 heavy (non-hydrogen) atoms. The van der Waals surface area contributed by atoms with Crippen molar-refractivity contribution in [1.29, 1.82) is 0 Å². The molecule has 1 aliphatic carbocycles. The van der Waals surface area contributed by atoms with Crippen LogP contribution in [0.2, 0.25) is 0 Å². The summed E-state index contributed by atoms with van der Waals surface area (Å²) in [5.41, 5.74) is 0.157. The van der Waals surface area contributed by atoms with Crippen molar-refractivity contribution in [1.82, 2.24) is 9.99 Å². The van der Waals surface area contributed by atoms with Gasteiger partial charge in [0.1, 0.15) is 11.4 Å². The number of amides is 1. The smallest absolute Gasteiger partial charge is 0.284 e. The third-order valence-corrected chi connectivity index (χ3v) is 5.53. The van der Waals surface area contributed by atoms with Crippen LogP contribution >= 0.6 is 15.9 Å². The van der Waals surface area contributed by atoms with E-state index in [0.29, 0.717) is 28.6 Å². The minimum Gasteiger partial charge on any atom is -0.326 e. The highest BCUT2D eigenvalue weighted by atomic mass is 79.9. The van der Waals surface area contributed by atoms with Gasteiger partial charge in [-0.15, -0.1) is 0 Å². The zero-order valence-electron chi connectivity index (χ0n) is 13.9. The highest BCUT2D eigenvalue weighted by Gasteiger charge is 2.50. The van der Waals surface area contributed by atoms with Gasteiger partial charge in [-0.2, -0.15) is 0 Å². The molecule has 134 valence electrons. The fraction of sp³-hybridized carbons (Fsp3) is 0.294. The van der Waals surface area contributed by atoms with Crippen LogP contribution in [0, 0.1) is 17.0 Å². The molecule has 1 amide bonds. The molecule has 1 saturated carbocycles. The molecule has 0 saturated heterocycles. The van der Waals surface area contributed by atoms with Crippen LogP contribution in [-0.4, -0.2) is 21.2 Å². The molecule has 1 fully saturated rings. The van der Waals surface area contributed by atoms with Gasteiger partial charge >= 0.3 is 0 Å². The summed E-state index contributed by atoms with van der Waals surface area (Å²) >= 11 is 3.26. The van der Waals surface area contributed by atoms with Crippen molar-refractivity contribution < 1.29 is 9.72 Å². The Hall–Kier alpha value is -2.68. The number of carbonyl (C=O) groups is 1. The second kappa shape index (κ2) is 5.66. The van der Waals surface area contributed by atoms with E-state index in [4.69, 9.17) is 0 Å². The molecule has 1 aromatic heterocycles. The van der Waals surface area contributed by atoms with Gasteiger partial charge in [-0.05, 0) is 59.8 Å². The molecule has 1 aromatic carbocycles. The number of pyridine rings is 1. The lowest BCUT2D eigenvalue weighted by atomic mass is 9.82. The Bertz CT molecular complexity index is 1010. The van der Waals surface area contributed by atoms with Crippen molar-refractivity contribution in [2.24, 2.45) is 0 Å². The van der Waals surface area contributed by atoms with Crippen LogP contribution in [0.3, 0.4) is 0 Å². The first-order valence-electron chi connectivity index (χ1n) is 8.14. The van der Waals surface area contributed by atoms with E-state index in [9.17, 15) is 19.7 Å². The lowest BCUT2D eigenvalue weighted by Crippen LogP contribution is -2.72. The quantitative estimate of drug-likeness (QED) is 0.597. The second-order valence-corrected chi connectivity index (χ2v) is 7.42. The number of nitrogens with one attached hydrogen (secondary N) is 1. The number of nitro groups is 1. The Morgan fingerprint density at radius 3 is 2.62 bits per heavy atom. The Labute approximate surface area is 156 Å². The largest absolute Gasteiger partial charge is 0.326 e. The monoisotopic (exact) mass is 418 g/mol. The van der Waals surface area contributed by atoms with Crippen LogP contribution in [0.25, 0.3) is 0 Å². The van der Waals surface area contributed by atoms with Crippen LogP contribution in [-0.2, 0) is 0 Å². The van der Waals surface area contributed by atoms with Crippen molar-refractivity contribution in [2.75, 3.05) is 5.01 Å². The van der Waals surface area contributed by atoms with E-state index in [2.05, 4.69) is 21.2 Å². The predicted molar refractivity (Wildman–Crippen MR) is 98.2 cm³/mol. The van der Waals surface area contributed by atoms with Gasteiger partial charge in [0.25, 0.3) is 17.2 Å². The van der Waals surface area contributed by atoms with Gasteiger partial charge in [-0.25, -0.2) is 4.68 Å². The molecule has 1 aliphatic heterocycles. The molecule has 0 bridgehead atoms. The van der Waals surface area contributed by atoms with E-state index in [1.165, 1.54) is 16.8 Å². The number of halogens is 1. The van der Waals surface area contributed by atoms with E-state index in [-0.39, 0.29) is 22.8 Å². The molecule has 1 spiro atoms. The van der Waals surface area contributed by atoms with Gasteiger partial charge in [-0.3, -0.25) is 24.7 Å². The van der Waals surface area contributed by atoms with Gasteiger partial charge in [0.15, 0.2) is 0 Å². The maximum Gasteiger partial charge on any atom is 0.284 e. The van der Waals surface area contributed by atoms with Gasteiger partial charge in [0.2, 0.25) is 0 Å². The van der Waals surface area contributed by atoms with Crippen molar-refractivity contribution in [3.8, 4) is 0 Å². The number of carbonyl (C=O) groups excluding carboxylic acids is 1. The summed E-state index contributed by atoms with van der Waals surface area (Å²) in [5, 5.41) is 15.9. The number of aromatic nitrogens is 1. The predicted octanol–water partition coefficient (Wildman–Crippen LogP) is 2.72. The number of benzene rings is 1. The summed E-state index contributed by atoms with van der Waals surface area (Å²) in [6.07, 6.45) is 2.19. The molecule has 0 radical (unpaired) electrons. The Kier molecular flexibility index (Phi) is 3.65. The summed E-state index contributed by atoms with van der Waals surface area (Å²) in [6.45, 7) is 1.75. The minimum atomic E-state index is -0.754. The number of nitrogens with zero attached hydrogens (tertiary/aromatic N) is 3. The molecule has 9 heteroatoms. The lowest BCUT2D eigenvalue weighted by molar-refractivity contribution is -0.384. The molecule has 1 N–H and O–H groups in total. The van der Waals surface area contributed by atoms with Gasteiger partial charge in [-0.1, -0.05) is 6.07 Å². The average Bonchev–Trinajstić information content (AvgIpc) is 2.57. The Balaban J connectivity index is 2.02. The average molecular weight is 419 g/mol. The number of hydrogen-bond acceptors (Lipinski definition) is 5. The molecular weight excluding hydrogens is 404 g/mol. The van der Waals surface area contributed by atoms with Crippen molar-refractivity contribution in [2.45, 2.75) is 31.8 Å². The van der Waals surface area contributed by atoms with E-state index in [0.717, 1.165) is 6.42 Å². The first-order valence-corrected chi connectivity index (χ1v) is 8.93. The van der Waals surface area contributed by atoms with Crippen molar-refractivity contribution >= 4 is 33.2 Å². The maximum atomic E-state index is 12.9. The van der Waals surface area contributed by atoms with Gasteiger partial charge in [0.05, 0.1) is 15.1 Å². The molecular formula is C17H15BrN4O4. The molecule has 4 rings (SSSR count). The number of nitro benzene ring substituents is 1. The van der Waals surface area contributed by atoms with Crippen molar-refractivity contribution in [3.63, 3.8) is 0 Å².